The molecule has 0 bridgehead atoms. The fraction of sp³-hybridized carbons (Fsp3) is 0.133. The highest BCUT2D eigenvalue weighted by molar-refractivity contribution is 6.34. The number of benzene rings is 2. The molecule has 2 aromatic rings. The van der Waals surface area contributed by atoms with Gasteiger partial charge in [-0.15, -0.1) is 0 Å². The molecule has 0 saturated carbocycles. The number of hydrogen-bond donors (Lipinski definition) is 0. The quantitative estimate of drug-likeness (QED) is 0.765. The van der Waals surface area contributed by atoms with Crippen LogP contribution in [0, 0.1) is 0 Å². The van der Waals surface area contributed by atoms with Crippen molar-refractivity contribution < 1.29 is 4.79 Å². The van der Waals surface area contributed by atoms with Gasteiger partial charge in [0.1, 0.15) is 0 Å². The van der Waals surface area contributed by atoms with Gasteiger partial charge in [-0.2, -0.15) is 0 Å². The number of carbonyl (C=O) groups excluding carboxylic acids is 1. The van der Waals surface area contributed by atoms with Gasteiger partial charge >= 0.3 is 0 Å². The minimum absolute atomic E-state index is 0.0226. The molecule has 0 N–H and O–H groups in total. The third-order valence-corrected chi connectivity index (χ3v) is 3.57. The maximum absolute atomic E-state index is 12.5. The summed E-state index contributed by atoms with van der Waals surface area (Å²) in [5.74, 6) is -0.0226. The predicted molar refractivity (Wildman–Crippen MR) is 73.3 cm³/mol. The molecule has 0 unspecified atom stereocenters. The highest BCUT2D eigenvalue weighted by Crippen LogP contribution is 2.30. The molecule has 0 saturated heterocycles. The van der Waals surface area contributed by atoms with Gasteiger partial charge in [0.2, 0.25) is 0 Å². The molecule has 0 aromatic heterocycles. The first kappa shape index (κ1) is 11.3. The summed E-state index contributed by atoms with van der Waals surface area (Å²) in [7, 11) is 0. The Labute approximate surface area is 111 Å². The van der Waals surface area contributed by atoms with Crippen LogP contribution in [0.5, 0.6) is 0 Å². The molecule has 0 atom stereocenters. The molecule has 3 heteroatoms. The number of para-hydroxylation sites is 1. The topological polar surface area (TPSA) is 20.3 Å². The number of rotatable bonds is 1. The summed E-state index contributed by atoms with van der Waals surface area (Å²) in [5.41, 5.74) is 2.79. The second-order valence-electron chi connectivity index (χ2n) is 4.32. The molecule has 1 heterocycles. The molecule has 90 valence electrons. The summed E-state index contributed by atoms with van der Waals surface area (Å²) in [6, 6.07) is 15.2. The average Bonchev–Trinajstić information content (AvgIpc) is 2.82. The maximum atomic E-state index is 12.5. The summed E-state index contributed by atoms with van der Waals surface area (Å²) in [6.45, 7) is 0.726. The van der Waals surface area contributed by atoms with Crippen LogP contribution in [-0.4, -0.2) is 12.5 Å². The van der Waals surface area contributed by atoms with E-state index in [1.54, 1.807) is 17.0 Å². The van der Waals surface area contributed by atoms with E-state index in [2.05, 4.69) is 6.07 Å². The third-order valence-electron chi connectivity index (χ3n) is 3.24. The molecule has 0 fully saturated rings. The van der Waals surface area contributed by atoms with E-state index < -0.39 is 0 Å². The lowest BCUT2D eigenvalue weighted by molar-refractivity contribution is 0.0989. The Morgan fingerprint density at radius 2 is 1.78 bits per heavy atom. The first-order valence-electron chi connectivity index (χ1n) is 5.91. The van der Waals surface area contributed by atoms with Crippen LogP contribution in [0.4, 0.5) is 5.69 Å². The van der Waals surface area contributed by atoms with Crippen molar-refractivity contribution >= 4 is 23.2 Å². The van der Waals surface area contributed by atoms with Gasteiger partial charge in [0.25, 0.3) is 5.91 Å². The van der Waals surface area contributed by atoms with E-state index in [1.807, 2.05) is 30.3 Å². The second-order valence-corrected chi connectivity index (χ2v) is 4.72. The van der Waals surface area contributed by atoms with E-state index in [1.165, 1.54) is 5.56 Å². The molecule has 1 aliphatic rings. The Hall–Kier alpha value is -1.80. The van der Waals surface area contributed by atoms with E-state index in [9.17, 15) is 4.79 Å². The Morgan fingerprint density at radius 1 is 1.06 bits per heavy atom. The predicted octanol–water partition coefficient (Wildman–Crippen LogP) is 3.54. The smallest absolute Gasteiger partial charge is 0.259 e. The highest BCUT2D eigenvalue weighted by atomic mass is 35.5. The zero-order valence-corrected chi connectivity index (χ0v) is 10.5. The zero-order valence-electron chi connectivity index (χ0n) is 9.77. The highest BCUT2D eigenvalue weighted by Gasteiger charge is 2.25. The molecule has 3 rings (SSSR count). The monoisotopic (exact) mass is 257 g/mol. The van der Waals surface area contributed by atoms with Crippen LogP contribution in [-0.2, 0) is 6.42 Å². The molecule has 1 aliphatic heterocycles. The standard InChI is InChI=1S/C15H12ClNO/c16-13-7-3-2-6-12(13)15(18)17-10-9-11-5-1-4-8-14(11)17/h1-8H,9-10H2. The number of carbonyl (C=O) groups is 1. The van der Waals surface area contributed by atoms with Crippen LogP contribution in [0.15, 0.2) is 48.5 Å². The summed E-state index contributed by atoms with van der Waals surface area (Å²) >= 11 is 6.08. The van der Waals surface area contributed by atoms with Crippen molar-refractivity contribution in [2.24, 2.45) is 0 Å². The summed E-state index contributed by atoms with van der Waals surface area (Å²) in [6.07, 6.45) is 0.909. The van der Waals surface area contributed by atoms with Gasteiger partial charge in [-0.1, -0.05) is 41.9 Å². The Bertz CT molecular complexity index is 609. The van der Waals surface area contributed by atoms with Crippen molar-refractivity contribution in [1.29, 1.82) is 0 Å². The zero-order chi connectivity index (χ0) is 12.5. The van der Waals surface area contributed by atoms with Gasteiger partial charge < -0.3 is 4.90 Å². The Morgan fingerprint density at radius 3 is 2.61 bits per heavy atom. The molecule has 0 spiro atoms. The lowest BCUT2D eigenvalue weighted by Gasteiger charge is -2.17. The van der Waals surface area contributed by atoms with Crippen LogP contribution < -0.4 is 4.90 Å². The molecule has 0 aliphatic carbocycles. The Kier molecular flexibility index (Phi) is 2.80. The molecule has 1 amide bonds. The van der Waals surface area contributed by atoms with E-state index >= 15 is 0 Å². The lowest BCUT2D eigenvalue weighted by atomic mass is 10.1. The van der Waals surface area contributed by atoms with Crippen molar-refractivity contribution in [2.45, 2.75) is 6.42 Å². The molecule has 2 aromatic carbocycles. The van der Waals surface area contributed by atoms with E-state index in [4.69, 9.17) is 11.6 Å². The maximum Gasteiger partial charge on any atom is 0.259 e. The Balaban J connectivity index is 1.99. The number of anilines is 1. The van der Waals surface area contributed by atoms with E-state index in [0.29, 0.717) is 10.6 Å². The normalized spacial score (nSPS) is 13.5. The van der Waals surface area contributed by atoms with Crippen LogP contribution in [0.3, 0.4) is 0 Å². The first-order valence-corrected chi connectivity index (χ1v) is 6.29. The summed E-state index contributed by atoms with van der Waals surface area (Å²) in [4.78, 5) is 14.3. The van der Waals surface area contributed by atoms with Gasteiger partial charge in [0, 0.05) is 12.2 Å². The third kappa shape index (κ3) is 1.79. The van der Waals surface area contributed by atoms with Gasteiger partial charge in [-0.3, -0.25) is 4.79 Å². The average molecular weight is 258 g/mol. The molecule has 2 nitrogen and oxygen atoms in total. The molecule has 18 heavy (non-hydrogen) atoms. The second kappa shape index (κ2) is 4.46. The first-order chi connectivity index (χ1) is 8.77. The van der Waals surface area contributed by atoms with Gasteiger partial charge in [0.05, 0.1) is 10.6 Å². The van der Waals surface area contributed by atoms with Gasteiger partial charge in [0.15, 0.2) is 0 Å². The van der Waals surface area contributed by atoms with Crippen molar-refractivity contribution in [3.05, 3.63) is 64.7 Å². The number of hydrogen-bond acceptors (Lipinski definition) is 1. The van der Waals surface area contributed by atoms with Crippen molar-refractivity contribution in [3.8, 4) is 0 Å². The van der Waals surface area contributed by atoms with Crippen LogP contribution in [0.2, 0.25) is 5.02 Å². The van der Waals surface area contributed by atoms with Crippen molar-refractivity contribution in [3.63, 3.8) is 0 Å². The molecular formula is C15H12ClNO. The lowest BCUT2D eigenvalue weighted by Crippen LogP contribution is -2.29. The number of nitrogens with zero attached hydrogens (tertiary/aromatic N) is 1. The number of amides is 1. The molecule has 0 radical (unpaired) electrons. The fourth-order valence-corrected chi connectivity index (χ4v) is 2.55. The minimum Gasteiger partial charge on any atom is -0.308 e. The number of fused-ring (bicyclic) bond motifs is 1. The summed E-state index contributed by atoms with van der Waals surface area (Å²) in [5, 5.41) is 0.506. The number of halogens is 1. The fourth-order valence-electron chi connectivity index (χ4n) is 2.33. The van der Waals surface area contributed by atoms with E-state index in [0.717, 1.165) is 18.7 Å². The van der Waals surface area contributed by atoms with Gasteiger partial charge in [-0.25, -0.2) is 0 Å². The largest absolute Gasteiger partial charge is 0.308 e. The van der Waals surface area contributed by atoms with Crippen molar-refractivity contribution in [2.75, 3.05) is 11.4 Å². The van der Waals surface area contributed by atoms with E-state index in [-0.39, 0.29) is 5.91 Å². The molecular weight excluding hydrogens is 246 g/mol. The van der Waals surface area contributed by atoms with Crippen molar-refractivity contribution in [1.82, 2.24) is 0 Å². The summed E-state index contributed by atoms with van der Waals surface area (Å²) < 4.78 is 0. The van der Waals surface area contributed by atoms with Gasteiger partial charge in [-0.05, 0) is 30.2 Å². The van der Waals surface area contributed by atoms with Crippen LogP contribution in [0.25, 0.3) is 0 Å². The van der Waals surface area contributed by atoms with Crippen LogP contribution >= 0.6 is 11.6 Å². The SMILES string of the molecule is O=C(c1ccccc1Cl)N1CCc2ccccc21. The minimum atomic E-state index is -0.0226. The van der Waals surface area contributed by atoms with Crippen LogP contribution in [0.1, 0.15) is 15.9 Å².